The molecule has 0 atom stereocenters. The van der Waals surface area contributed by atoms with Crippen LogP contribution < -0.4 is 0 Å². The first-order valence-electron chi connectivity index (χ1n) is 6.51. The molecule has 2 rings (SSSR count). The van der Waals surface area contributed by atoms with Crippen molar-refractivity contribution in [2.45, 2.75) is 26.3 Å². The Balaban J connectivity index is 2.33. The van der Waals surface area contributed by atoms with Crippen LogP contribution in [0.2, 0.25) is 0 Å². The maximum Gasteiger partial charge on any atom is 0.194 e. The van der Waals surface area contributed by atoms with Gasteiger partial charge in [-0.1, -0.05) is 0 Å². The van der Waals surface area contributed by atoms with Crippen molar-refractivity contribution in [3.8, 4) is 0 Å². The number of rotatable bonds is 4. The van der Waals surface area contributed by atoms with E-state index in [9.17, 15) is 4.79 Å². The molecular formula is C14H21N3O2. The SMILES string of the molecule is COCCn1nc2c(c1C)C(=O)C(=CN(C)C)CC2. The van der Waals surface area contributed by atoms with Gasteiger partial charge in [0.2, 0.25) is 0 Å². The van der Waals surface area contributed by atoms with Gasteiger partial charge in [0.25, 0.3) is 0 Å². The summed E-state index contributed by atoms with van der Waals surface area (Å²) < 4.78 is 6.95. The standard InChI is InChI=1S/C14H21N3O2/c1-10-13-12(15-17(10)7-8-19-4)6-5-11(14(13)18)9-16(2)3/h9H,5-8H2,1-4H3. The summed E-state index contributed by atoms with van der Waals surface area (Å²) in [6.45, 7) is 3.25. The molecule has 1 aromatic heterocycles. The van der Waals surface area contributed by atoms with Crippen LogP contribution in [0.1, 0.15) is 28.2 Å². The van der Waals surface area contributed by atoms with Crippen molar-refractivity contribution >= 4 is 5.78 Å². The summed E-state index contributed by atoms with van der Waals surface area (Å²) in [5, 5.41) is 4.53. The quantitative estimate of drug-likeness (QED) is 0.771. The molecule has 0 saturated carbocycles. The van der Waals surface area contributed by atoms with Gasteiger partial charge in [-0.3, -0.25) is 9.48 Å². The zero-order valence-corrected chi connectivity index (χ0v) is 12.1. The molecule has 19 heavy (non-hydrogen) atoms. The maximum absolute atomic E-state index is 12.5. The summed E-state index contributed by atoms with van der Waals surface area (Å²) in [6, 6.07) is 0. The van der Waals surface area contributed by atoms with Crippen molar-refractivity contribution in [2.24, 2.45) is 0 Å². The highest BCUT2D eigenvalue weighted by atomic mass is 16.5. The van der Waals surface area contributed by atoms with Crippen LogP contribution in [-0.4, -0.2) is 48.3 Å². The molecule has 0 N–H and O–H groups in total. The van der Waals surface area contributed by atoms with Crippen LogP contribution in [0.4, 0.5) is 0 Å². The molecule has 0 saturated heterocycles. The van der Waals surface area contributed by atoms with E-state index >= 15 is 0 Å². The Kier molecular flexibility index (Phi) is 4.04. The van der Waals surface area contributed by atoms with Gasteiger partial charge in [0.05, 0.1) is 24.4 Å². The minimum atomic E-state index is 0.121. The van der Waals surface area contributed by atoms with Crippen LogP contribution in [0.3, 0.4) is 0 Å². The van der Waals surface area contributed by atoms with E-state index in [0.29, 0.717) is 13.2 Å². The van der Waals surface area contributed by atoms with Crippen LogP contribution in [0, 0.1) is 6.92 Å². The third-order valence-electron chi connectivity index (χ3n) is 3.35. The third kappa shape index (κ3) is 2.71. The highest BCUT2D eigenvalue weighted by molar-refractivity contribution is 6.11. The Bertz CT molecular complexity index is 515. The first-order valence-corrected chi connectivity index (χ1v) is 6.51. The van der Waals surface area contributed by atoms with Gasteiger partial charge in [0.1, 0.15) is 0 Å². The molecule has 5 nitrogen and oxygen atoms in total. The van der Waals surface area contributed by atoms with Crippen LogP contribution >= 0.6 is 0 Å². The topological polar surface area (TPSA) is 47.4 Å². The summed E-state index contributed by atoms with van der Waals surface area (Å²) in [7, 11) is 5.54. The molecule has 0 spiro atoms. The highest BCUT2D eigenvalue weighted by Crippen LogP contribution is 2.27. The van der Waals surface area contributed by atoms with Crippen LogP contribution in [0.15, 0.2) is 11.8 Å². The molecule has 0 amide bonds. The number of fused-ring (bicyclic) bond motifs is 1. The second kappa shape index (κ2) is 5.57. The molecule has 1 aliphatic carbocycles. The highest BCUT2D eigenvalue weighted by Gasteiger charge is 2.28. The summed E-state index contributed by atoms with van der Waals surface area (Å²) in [6.07, 6.45) is 3.52. The molecule has 0 fully saturated rings. The molecule has 1 aromatic rings. The molecule has 1 aliphatic rings. The molecule has 104 valence electrons. The number of hydrogen-bond acceptors (Lipinski definition) is 4. The molecule has 0 aliphatic heterocycles. The van der Waals surface area contributed by atoms with Crippen molar-refractivity contribution in [1.29, 1.82) is 0 Å². The second-order valence-corrected chi connectivity index (χ2v) is 5.07. The van der Waals surface area contributed by atoms with Gasteiger partial charge in [-0.25, -0.2) is 0 Å². The number of carbonyl (C=O) groups excluding carboxylic acids is 1. The van der Waals surface area contributed by atoms with E-state index in [1.165, 1.54) is 0 Å². The summed E-state index contributed by atoms with van der Waals surface area (Å²) in [5.74, 6) is 0.121. The van der Waals surface area contributed by atoms with Gasteiger partial charge in [0, 0.05) is 38.7 Å². The second-order valence-electron chi connectivity index (χ2n) is 5.07. The lowest BCUT2D eigenvalue weighted by Crippen LogP contribution is -2.17. The summed E-state index contributed by atoms with van der Waals surface area (Å²) in [5.41, 5.74) is 3.53. The van der Waals surface area contributed by atoms with E-state index < -0.39 is 0 Å². The predicted molar refractivity (Wildman–Crippen MR) is 73.3 cm³/mol. The number of nitrogens with zero attached hydrogens (tertiary/aromatic N) is 3. The van der Waals surface area contributed by atoms with Gasteiger partial charge in [-0.05, 0) is 19.8 Å². The van der Waals surface area contributed by atoms with E-state index in [0.717, 1.165) is 35.4 Å². The van der Waals surface area contributed by atoms with Crippen molar-refractivity contribution < 1.29 is 9.53 Å². The molecule has 0 bridgehead atoms. The van der Waals surface area contributed by atoms with Gasteiger partial charge in [-0.2, -0.15) is 5.10 Å². The number of methoxy groups -OCH3 is 1. The fourth-order valence-corrected chi connectivity index (χ4v) is 2.44. The molecular weight excluding hydrogens is 242 g/mol. The normalized spacial score (nSPS) is 16.8. The van der Waals surface area contributed by atoms with E-state index in [4.69, 9.17) is 4.74 Å². The lowest BCUT2D eigenvalue weighted by atomic mass is 9.90. The molecule has 1 heterocycles. The van der Waals surface area contributed by atoms with Gasteiger partial charge in [0.15, 0.2) is 5.78 Å². The Morgan fingerprint density at radius 1 is 1.42 bits per heavy atom. The first-order chi connectivity index (χ1) is 9.04. The molecule has 0 unspecified atom stereocenters. The van der Waals surface area contributed by atoms with E-state index in [1.807, 2.05) is 36.8 Å². The Labute approximate surface area is 113 Å². The fourth-order valence-electron chi connectivity index (χ4n) is 2.44. The lowest BCUT2D eigenvalue weighted by molar-refractivity contribution is 0.102. The summed E-state index contributed by atoms with van der Waals surface area (Å²) >= 11 is 0. The Hall–Kier alpha value is -1.62. The van der Waals surface area contributed by atoms with Crippen LogP contribution in [-0.2, 0) is 17.7 Å². The predicted octanol–water partition coefficient (Wildman–Crippen LogP) is 1.41. The number of aromatic nitrogens is 2. The zero-order chi connectivity index (χ0) is 14.0. The number of Topliss-reactive ketones (excluding diaryl/α,β-unsaturated/α-hetero) is 1. The Morgan fingerprint density at radius 2 is 2.16 bits per heavy atom. The third-order valence-corrected chi connectivity index (χ3v) is 3.35. The van der Waals surface area contributed by atoms with E-state index in [2.05, 4.69) is 5.10 Å². The Morgan fingerprint density at radius 3 is 2.79 bits per heavy atom. The number of ketones is 1. The monoisotopic (exact) mass is 263 g/mol. The first kappa shape index (κ1) is 13.8. The van der Waals surface area contributed by atoms with Gasteiger partial charge in [-0.15, -0.1) is 0 Å². The van der Waals surface area contributed by atoms with Crippen molar-refractivity contribution in [1.82, 2.24) is 14.7 Å². The van der Waals surface area contributed by atoms with Crippen LogP contribution in [0.5, 0.6) is 0 Å². The minimum absolute atomic E-state index is 0.121. The lowest BCUT2D eigenvalue weighted by Gasteiger charge is -2.15. The van der Waals surface area contributed by atoms with Crippen molar-refractivity contribution in [3.63, 3.8) is 0 Å². The number of hydrogen-bond donors (Lipinski definition) is 0. The van der Waals surface area contributed by atoms with E-state index in [1.54, 1.807) is 7.11 Å². The molecule has 0 radical (unpaired) electrons. The zero-order valence-electron chi connectivity index (χ0n) is 12.1. The smallest absolute Gasteiger partial charge is 0.194 e. The van der Waals surface area contributed by atoms with Crippen molar-refractivity contribution in [2.75, 3.05) is 27.8 Å². The number of ether oxygens (including phenoxy) is 1. The van der Waals surface area contributed by atoms with E-state index in [-0.39, 0.29) is 5.78 Å². The summed E-state index contributed by atoms with van der Waals surface area (Å²) in [4.78, 5) is 14.4. The van der Waals surface area contributed by atoms with Gasteiger partial charge < -0.3 is 9.64 Å². The van der Waals surface area contributed by atoms with Crippen molar-refractivity contribution in [3.05, 3.63) is 28.7 Å². The van der Waals surface area contributed by atoms with Gasteiger partial charge >= 0.3 is 0 Å². The number of allylic oxidation sites excluding steroid dienone is 1. The number of aryl methyl sites for hydroxylation is 1. The molecule has 5 heteroatoms. The minimum Gasteiger partial charge on any atom is -0.383 e. The average Bonchev–Trinajstić information content (AvgIpc) is 2.67. The fraction of sp³-hybridized carbons (Fsp3) is 0.571. The average molecular weight is 263 g/mol. The maximum atomic E-state index is 12.5. The van der Waals surface area contributed by atoms with Crippen LogP contribution in [0.25, 0.3) is 0 Å². The molecule has 0 aromatic carbocycles. The number of carbonyl (C=O) groups is 1. The largest absolute Gasteiger partial charge is 0.383 e.